The van der Waals surface area contributed by atoms with Crippen LogP contribution in [-0.4, -0.2) is 49.3 Å². The van der Waals surface area contributed by atoms with Gasteiger partial charge in [0, 0.05) is 19.4 Å². The quantitative estimate of drug-likeness (QED) is 0.0274. The van der Waals surface area contributed by atoms with Crippen LogP contribution in [0.2, 0.25) is 0 Å². The lowest BCUT2D eigenvalue weighted by Crippen LogP contribution is -2.29. The third-order valence-corrected chi connectivity index (χ3v) is 9.48. The summed E-state index contributed by atoms with van der Waals surface area (Å²) in [4.78, 5) is 34.8. The number of hydrogen-bond acceptors (Lipinski definition) is 8. The maximum absolute atomic E-state index is 12.5. The lowest BCUT2D eigenvalue weighted by atomic mass is 10.1. The number of carbonyl (C=O) groups is 2. The van der Waals surface area contributed by atoms with E-state index in [1.54, 1.807) is 0 Å². The topological polar surface area (TPSA) is 134 Å². The summed E-state index contributed by atoms with van der Waals surface area (Å²) in [6, 6.07) is 0. The predicted octanol–water partition coefficient (Wildman–Crippen LogP) is 11.4. The van der Waals surface area contributed by atoms with Gasteiger partial charge in [-0.15, -0.1) is 0 Å². The fourth-order valence-electron chi connectivity index (χ4n) is 5.42. The molecule has 298 valence electrons. The zero-order valence-electron chi connectivity index (χ0n) is 32.6. The highest BCUT2D eigenvalue weighted by Gasteiger charge is 2.25. The summed E-state index contributed by atoms with van der Waals surface area (Å²) >= 11 is 0. The monoisotopic (exact) mass is 742 g/mol. The van der Waals surface area contributed by atoms with Crippen LogP contribution in [0.4, 0.5) is 0 Å². The van der Waals surface area contributed by atoms with E-state index in [0.717, 1.165) is 64.2 Å². The maximum atomic E-state index is 12.5. The molecule has 0 aromatic heterocycles. The van der Waals surface area contributed by atoms with E-state index in [1.165, 1.54) is 83.5 Å². The number of unbranched alkanes of at least 4 members (excludes halogenated alkanes) is 19. The number of ether oxygens (including phenoxy) is 2. The van der Waals surface area contributed by atoms with Crippen molar-refractivity contribution in [3.63, 3.8) is 0 Å². The minimum atomic E-state index is -4.38. The standard InChI is InChI=1S/C41H76NO8P/c1-3-5-7-9-11-13-15-17-18-19-20-22-23-25-27-29-31-33-40(43)47-37-39(38-49-51(45,46)48-36-35-42)50-41(44)34-32-30-28-26-24-21-16-14-12-10-8-6-4-2/h11,13,17-18,21,24,39H,3-10,12,14-16,19-20,22-23,25-38,42H2,1-2H3,(H,45,46)/b13-11+,18-17+,24-21+/t39-/m1/s1. The van der Waals surface area contributed by atoms with E-state index in [1.807, 2.05) is 0 Å². The molecule has 0 spiro atoms. The zero-order valence-corrected chi connectivity index (χ0v) is 33.5. The first-order valence-corrected chi connectivity index (χ1v) is 22.0. The van der Waals surface area contributed by atoms with Crippen molar-refractivity contribution in [2.24, 2.45) is 5.73 Å². The molecular formula is C41H76NO8P. The second-order valence-corrected chi connectivity index (χ2v) is 14.9. The van der Waals surface area contributed by atoms with Gasteiger partial charge in [-0.25, -0.2) is 4.57 Å². The molecule has 10 heteroatoms. The highest BCUT2D eigenvalue weighted by Crippen LogP contribution is 2.43. The van der Waals surface area contributed by atoms with Crippen LogP contribution in [-0.2, 0) is 32.7 Å². The molecule has 0 aromatic rings. The molecule has 9 nitrogen and oxygen atoms in total. The van der Waals surface area contributed by atoms with E-state index in [2.05, 4.69) is 50.3 Å². The minimum absolute atomic E-state index is 0.0496. The van der Waals surface area contributed by atoms with Gasteiger partial charge in [-0.3, -0.25) is 18.6 Å². The van der Waals surface area contributed by atoms with Crippen molar-refractivity contribution in [3.8, 4) is 0 Å². The van der Waals surface area contributed by atoms with Crippen LogP contribution in [0.15, 0.2) is 36.5 Å². The molecule has 0 aromatic carbocycles. The summed E-state index contributed by atoms with van der Waals surface area (Å²) in [5, 5.41) is 0. The Labute approximate surface area is 312 Å². The van der Waals surface area contributed by atoms with Crippen LogP contribution in [0.25, 0.3) is 0 Å². The van der Waals surface area contributed by atoms with Crippen molar-refractivity contribution in [2.75, 3.05) is 26.4 Å². The molecule has 0 saturated heterocycles. The summed E-state index contributed by atoms with van der Waals surface area (Å²) < 4.78 is 32.7. The first-order valence-electron chi connectivity index (χ1n) is 20.5. The van der Waals surface area contributed by atoms with Crippen LogP contribution in [0, 0.1) is 0 Å². The van der Waals surface area contributed by atoms with E-state index in [-0.39, 0.29) is 32.6 Å². The van der Waals surface area contributed by atoms with Crippen molar-refractivity contribution in [1.82, 2.24) is 0 Å². The van der Waals surface area contributed by atoms with Crippen molar-refractivity contribution in [1.29, 1.82) is 0 Å². The van der Waals surface area contributed by atoms with Gasteiger partial charge < -0.3 is 20.1 Å². The van der Waals surface area contributed by atoms with E-state index in [9.17, 15) is 19.0 Å². The Kier molecular flexibility index (Phi) is 36.7. The highest BCUT2D eigenvalue weighted by molar-refractivity contribution is 7.47. The lowest BCUT2D eigenvalue weighted by Gasteiger charge is -2.19. The molecule has 3 N–H and O–H groups in total. The Balaban J connectivity index is 4.20. The number of allylic oxidation sites excluding steroid dienone is 6. The van der Waals surface area contributed by atoms with E-state index in [0.29, 0.717) is 6.42 Å². The van der Waals surface area contributed by atoms with E-state index < -0.39 is 32.5 Å². The SMILES string of the molecule is CCCCC/C=C/C/C=C/CCCCCCCCCC(=O)OC[C@H](COP(=O)(O)OCCN)OC(=O)CCCCC/C=C/CCCCCCCC. The fraction of sp³-hybridized carbons (Fsp3) is 0.805. The maximum Gasteiger partial charge on any atom is 0.472 e. The van der Waals surface area contributed by atoms with Crippen molar-refractivity contribution >= 4 is 19.8 Å². The summed E-state index contributed by atoms with van der Waals surface area (Å²) in [7, 11) is -4.38. The summed E-state index contributed by atoms with van der Waals surface area (Å²) in [6.07, 6.45) is 40.3. The van der Waals surface area contributed by atoms with Gasteiger partial charge in [0.1, 0.15) is 6.61 Å². The molecule has 0 heterocycles. The largest absolute Gasteiger partial charge is 0.472 e. The molecule has 0 rings (SSSR count). The van der Waals surface area contributed by atoms with Gasteiger partial charge in [0.15, 0.2) is 6.10 Å². The summed E-state index contributed by atoms with van der Waals surface area (Å²) in [6.45, 7) is 3.67. The van der Waals surface area contributed by atoms with Crippen molar-refractivity contribution < 1.29 is 37.6 Å². The second-order valence-electron chi connectivity index (χ2n) is 13.5. The predicted molar refractivity (Wildman–Crippen MR) is 210 cm³/mol. The molecule has 51 heavy (non-hydrogen) atoms. The Bertz CT molecular complexity index is 939. The average Bonchev–Trinajstić information content (AvgIpc) is 3.11. The molecule has 0 amide bonds. The fourth-order valence-corrected chi connectivity index (χ4v) is 6.19. The first kappa shape index (κ1) is 49.2. The Hall–Kier alpha value is -1.77. The Morgan fingerprint density at radius 2 is 1.02 bits per heavy atom. The van der Waals surface area contributed by atoms with Gasteiger partial charge in [-0.05, 0) is 70.6 Å². The smallest absolute Gasteiger partial charge is 0.462 e. The Morgan fingerprint density at radius 1 is 0.588 bits per heavy atom. The average molecular weight is 742 g/mol. The number of nitrogens with two attached hydrogens (primary N) is 1. The van der Waals surface area contributed by atoms with E-state index >= 15 is 0 Å². The Morgan fingerprint density at radius 3 is 1.57 bits per heavy atom. The lowest BCUT2D eigenvalue weighted by molar-refractivity contribution is -0.161. The molecule has 1 unspecified atom stereocenters. The third-order valence-electron chi connectivity index (χ3n) is 8.50. The van der Waals surface area contributed by atoms with Crippen molar-refractivity contribution in [3.05, 3.63) is 36.5 Å². The van der Waals surface area contributed by atoms with Crippen LogP contribution in [0.5, 0.6) is 0 Å². The molecule has 0 fully saturated rings. The van der Waals surface area contributed by atoms with Gasteiger partial charge in [0.2, 0.25) is 0 Å². The number of phosphoric ester groups is 1. The van der Waals surface area contributed by atoms with Gasteiger partial charge in [-0.2, -0.15) is 0 Å². The molecule has 0 saturated carbocycles. The third kappa shape index (κ3) is 37.8. The highest BCUT2D eigenvalue weighted by atomic mass is 31.2. The second kappa shape index (κ2) is 38.0. The number of esters is 2. The molecule has 0 bridgehead atoms. The number of rotatable bonds is 38. The van der Waals surface area contributed by atoms with Gasteiger partial charge in [0.05, 0.1) is 13.2 Å². The minimum Gasteiger partial charge on any atom is -0.462 e. The van der Waals surface area contributed by atoms with Crippen LogP contribution in [0.3, 0.4) is 0 Å². The molecule has 0 aliphatic rings. The number of hydrogen-bond donors (Lipinski definition) is 2. The molecule has 2 atom stereocenters. The molecule has 0 radical (unpaired) electrons. The van der Waals surface area contributed by atoms with Gasteiger partial charge >= 0.3 is 19.8 Å². The van der Waals surface area contributed by atoms with Crippen molar-refractivity contribution in [2.45, 2.75) is 187 Å². The van der Waals surface area contributed by atoms with Crippen LogP contribution >= 0.6 is 7.82 Å². The van der Waals surface area contributed by atoms with Crippen LogP contribution in [0.1, 0.15) is 181 Å². The summed E-state index contributed by atoms with van der Waals surface area (Å²) in [5.74, 6) is -0.856. The normalized spacial score (nSPS) is 13.7. The number of phosphoric acid groups is 1. The van der Waals surface area contributed by atoms with Gasteiger partial charge in [-0.1, -0.05) is 134 Å². The first-order chi connectivity index (χ1) is 24.8. The molecule has 0 aliphatic carbocycles. The zero-order chi connectivity index (χ0) is 37.5. The number of carbonyl (C=O) groups excluding carboxylic acids is 2. The van der Waals surface area contributed by atoms with E-state index in [4.69, 9.17) is 24.3 Å². The van der Waals surface area contributed by atoms with Gasteiger partial charge in [0.25, 0.3) is 0 Å². The summed E-state index contributed by atoms with van der Waals surface area (Å²) in [5.41, 5.74) is 5.33. The molecule has 0 aliphatic heterocycles. The van der Waals surface area contributed by atoms with Crippen LogP contribution < -0.4 is 5.73 Å². The molecular weight excluding hydrogens is 665 g/mol.